The zero-order chi connectivity index (χ0) is 11.1. The second-order valence-electron chi connectivity index (χ2n) is 5.76. The fraction of sp³-hybridized carbons (Fsp3) is 0.923. The summed E-state index contributed by atoms with van der Waals surface area (Å²) in [6.45, 7) is 4.30. The molecular weight excluding hydrogens is 186 g/mol. The van der Waals surface area contributed by atoms with Crippen LogP contribution in [0.3, 0.4) is 0 Å². The Morgan fingerprint density at radius 1 is 1.27 bits per heavy atom. The Hall–Kier alpha value is -0.550. The Bertz CT molecular complexity index is 295. The highest BCUT2D eigenvalue weighted by atomic mass is 16.3. The molecule has 2 nitrogen and oxygen atoms in total. The smallest absolute Gasteiger partial charge is 0.0865 e. The zero-order valence-electron chi connectivity index (χ0n) is 9.79. The summed E-state index contributed by atoms with van der Waals surface area (Å²) in [7, 11) is 0. The van der Waals surface area contributed by atoms with E-state index >= 15 is 0 Å². The van der Waals surface area contributed by atoms with Crippen molar-refractivity contribution in [2.24, 2.45) is 17.3 Å². The fourth-order valence-corrected chi connectivity index (χ4v) is 3.76. The van der Waals surface area contributed by atoms with Crippen molar-refractivity contribution in [1.29, 1.82) is 5.26 Å². The summed E-state index contributed by atoms with van der Waals surface area (Å²) in [5, 5.41) is 20.3. The Labute approximate surface area is 92.3 Å². The lowest BCUT2D eigenvalue weighted by molar-refractivity contribution is -0.0795. The van der Waals surface area contributed by atoms with Gasteiger partial charge in [-0.25, -0.2) is 0 Å². The summed E-state index contributed by atoms with van der Waals surface area (Å²) in [5.74, 6) is 0.893. The van der Waals surface area contributed by atoms with Gasteiger partial charge in [-0.3, -0.25) is 0 Å². The lowest BCUT2D eigenvalue weighted by atomic mass is 9.66. The summed E-state index contributed by atoms with van der Waals surface area (Å²) in [6.07, 6.45) is 5.87. The van der Waals surface area contributed by atoms with Gasteiger partial charge in [0.05, 0.1) is 17.1 Å². The molecule has 0 bridgehead atoms. The van der Waals surface area contributed by atoms with E-state index in [0.717, 1.165) is 38.5 Å². The first-order valence-corrected chi connectivity index (χ1v) is 6.18. The maximum atomic E-state index is 10.8. The average molecular weight is 207 g/mol. The lowest BCUT2D eigenvalue weighted by Gasteiger charge is -2.41. The Balaban J connectivity index is 2.31. The van der Waals surface area contributed by atoms with E-state index in [2.05, 4.69) is 19.9 Å². The van der Waals surface area contributed by atoms with E-state index in [1.807, 2.05) is 0 Å². The van der Waals surface area contributed by atoms with Gasteiger partial charge in [0, 0.05) is 0 Å². The van der Waals surface area contributed by atoms with Gasteiger partial charge in [0.25, 0.3) is 0 Å². The van der Waals surface area contributed by atoms with Crippen molar-refractivity contribution in [2.45, 2.75) is 58.0 Å². The summed E-state index contributed by atoms with van der Waals surface area (Å²) in [4.78, 5) is 0. The summed E-state index contributed by atoms with van der Waals surface area (Å²) in [5.41, 5.74) is -1.14. The third-order valence-corrected chi connectivity index (χ3v) is 4.81. The van der Waals surface area contributed by atoms with Gasteiger partial charge in [-0.1, -0.05) is 20.3 Å². The minimum atomic E-state index is -0.702. The summed E-state index contributed by atoms with van der Waals surface area (Å²) < 4.78 is 0. The predicted octanol–water partition coefficient (Wildman–Crippen LogP) is 2.87. The number of aliphatic hydroxyl groups is 1. The van der Waals surface area contributed by atoms with Gasteiger partial charge in [-0.15, -0.1) is 0 Å². The van der Waals surface area contributed by atoms with Crippen LogP contribution in [-0.4, -0.2) is 10.7 Å². The van der Waals surface area contributed by atoms with Crippen molar-refractivity contribution >= 4 is 0 Å². The van der Waals surface area contributed by atoms with Crippen LogP contribution in [0.4, 0.5) is 0 Å². The van der Waals surface area contributed by atoms with Gasteiger partial charge in [0.15, 0.2) is 0 Å². The molecule has 4 unspecified atom stereocenters. The minimum absolute atomic E-state index is 0.294. The quantitative estimate of drug-likeness (QED) is 0.718. The van der Waals surface area contributed by atoms with E-state index in [1.54, 1.807) is 0 Å². The number of rotatable bonds is 1. The molecule has 2 fully saturated rings. The molecule has 2 saturated carbocycles. The van der Waals surface area contributed by atoms with Crippen molar-refractivity contribution in [2.75, 3.05) is 0 Å². The topological polar surface area (TPSA) is 44.0 Å². The van der Waals surface area contributed by atoms with Crippen molar-refractivity contribution in [3.05, 3.63) is 0 Å². The molecule has 0 aromatic heterocycles. The lowest BCUT2D eigenvalue weighted by Crippen LogP contribution is -2.48. The monoisotopic (exact) mass is 207 g/mol. The molecule has 0 spiro atoms. The molecule has 84 valence electrons. The van der Waals surface area contributed by atoms with Crippen molar-refractivity contribution < 1.29 is 5.11 Å². The number of nitriles is 1. The van der Waals surface area contributed by atoms with Crippen LogP contribution >= 0.6 is 0 Å². The first-order valence-electron chi connectivity index (χ1n) is 6.18. The summed E-state index contributed by atoms with van der Waals surface area (Å²) >= 11 is 0. The van der Waals surface area contributed by atoms with Crippen LogP contribution in [0.5, 0.6) is 0 Å². The first kappa shape index (κ1) is 11.0. The molecule has 0 aromatic carbocycles. The summed E-state index contributed by atoms with van der Waals surface area (Å²) in [6, 6.07) is 2.47. The zero-order valence-corrected chi connectivity index (χ0v) is 9.79. The Morgan fingerprint density at radius 3 is 2.40 bits per heavy atom. The number of hydrogen-bond donors (Lipinski definition) is 1. The van der Waals surface area contributed by atoms with Gasteiger partial charge in [-0.2, -0.15) is 5.26 Å². The third kappa shape index (κ3) is 1.40. The standard InChI is InChI=1S/C13H21NO/c1-10-5-7-12(8-10,9-14)13(15)6-3-4-11(13)2/h10-11,15H,3-8H2,1-2H3. The molecule has 2 aliphatic rings. The number of nitrogens with zero attached hydrogens (tertiary/aromatic N) is 1. The molecule has 0 aliphatic heterocycles. The van der Waals surface area contributed by atoms with Gasteiger partial charge >= 0.3 is 0 Å². The highest BCUT2D eigenvalue weighted by Crippen LogP contribution is 2.56. The van der Waals surface area contributed by atoms with Gasteiger partial charge in [0.1, 0.15) is 0 Å². The van der Waals surface area contributed by atoms with E-state index in [4.69, 9.17) is 0 Å². The van der Waals surface area contributed by atoms with E-state index in [1.165, 1.54) is 0 Å². The SMILES string of the molecule is CC1CCC(C#N)(C2(O)CCCC2C)C1. The predicted molar refractivity (Wildman–Crippen MR) is 59.0 cm³/mol. The van der Waals surface area contributed by atoms with E-state index in [0.29, 0.717) is 11.8 Å². The van der Waals surface area contributed by atoms with Crippen LogP contribution in [0.2, 0.25) is 0 Å². The van der Waals surface area contributed by atoms with Crippen LogP contribution in [-0.2, 0) is 0 Å². The van der Waals surface area contributed by atoms with Crippen LogP contribution in [0.1, 0.15) is 52.4 Å². The van der Waals surface area contributed by atoms with Gasteiger partial charge < -0.3 is 5.11 Å². The molecule has 15 heavy (non-hydrogen) atoms. The highest BCUT2D eigenvalue weighted by molar-refractivity contribution is 5.17. The highest BCUT2D eigenvalue weighted by Gasteiger charge is 2.57. The molecule has 2 aliphatic carbocycles. The second kappa shape index (κ2) is 3.49. The molecule has 0 radical (unpaired) electrons. The first-order chi connectivity index (χ1) is 7.04. The minimum Gasteiger partial charge on any atom is -0.388 e. The Morgan fingerprint density at radius 2 is 2.00 bits per heavy atom. The largest absolute Gasteiger partial charge is 0.388 e. The van der Waals surface area contributed by atoms with Crippen molar-refractivity contribution in [3.63, 3.8) is 0 Å². The van der Waals surface area contributed by atoms with Crippen molar-refractivity contribution in [1.82, 2.24) is 0 Å². The second-order valence-corrected chi connectivity index (χ2v) is 5.76. The molecule has 0 amide bonds. The van der Waals surface area contributed by atoms with Crippen LogP contribution in [0.15, 0.2) is 0 Å². The maximum absolute atomic E-state index is 10.8. The third-order valence-electron chi connectivity index (χ3n) is 4.81. The van der Waals surface area contributed by atoms with Gasteiger partial charge in [0.2, 0.25) is 0 Å². The molecule has 4 atom stereocenters. The van der Waals surface area contributed by atoms with E-state index in [-0.39, 0.29) is 0 Å². The van der Waals surface area contributed by atoms with Crippen LogP contribution in [0, 0.1) is 28.6 Å². The molecular formula is C13H21NO. The molecule has 2 heteroatoms. The van der Waals surface area contributed by atoms with E-state index in [9.17, 15) is 10.4 Å². The molecule has 0 aromatic rings. The normalized spacial score (nSPS) is 50.5. The molecule has 2 rings (SSSR count). The van der Waals surface area contributed by atoms with Crippen LogP contribution < -0.4 is 0 Å². The number of hydrogen-bond acceptors (Lipinski definition) is 2. The fourth-order valence-electron chi connectivity index (χ4n) is 3.76. The molecule has 1 N–H and O–H groups in total. The van der Waals surface area contributed by atoms with Gasteiger partial charge in [-0.05, 0) is 43.9 Å². The van der Waals surface area contributed by atoms with Crippen LogP contribution in [0.25, 0.3) is 0 Å². The molecule has 0 saturated heterocycles. The molecule has 0 heterocycles. The average Bonchev–Trinajstić information content (AvgIpc) is 2.74. The van der Waals surface area contributed by atoms with Crippen molar-refractivity contribution in [3.8, 4) is 6.07 Å². The maximum Gasteiger partial charge on any atom is 0.0865 e. The van der Waals surface area contributed by atoms with E-state index < -0.39 is 11.0 Å². The Kier molecular flexibility index (Phi) is 2.55.